The highest BCUT2D eigenvalue weighted by Crippen LogP contribution is 2.28. The number of ether oxygens (including phenoxy) is 1. The third kappa shape index (κ3) is 6.94. The minimum Gasteiger partial charge on any atom is -0.479 e. The number of amides is 2. The summed E-state index contributed by atoms with van der Waals surface area (Å²) < 4.78 is 5.59. The molecule has 1 heterocycles. The zero-order valence-corrected chi connectivity index (χ0v) is 21.1. The Morgan fingerprint density at radius 1 is 1.03 bits per heavy atom. The van der Waals surface area contributed by atoms with Crippen LogP contribution in [0.15, 0.2) is 36.4 Å². The monoisotopic (exact) mass is 528 g/mol. The summed E-state index contributed by atoms with van der Waals surface area (Å²) in [6.07, 6.45) is -0.885. The van der Waals surface area contributed by atoms with Crippen LogP contribution in [0.2, 0.25) is 15.1 Å². The van der Waals surface area contributed by atoms with E-state index in [0.29, 0.717) is 40.1 Å². The Morgan fingerprint density at radius 2 is 1.73 bits per heavy atom. The quantitative estimate of drug-likeness (QED) is 0.562. The van der Waals surface area contributed by atoms with Gasteiger partial charge in [-0.25, -0.2) is 0 Å². The third-order valence-corrected chi connectivity index (χ3v) is 6.12. The lowest BCUT2D eigenvalue weighted by Crippen LogP contribution is -2.47. The van der Waals surface area contributed by atoms with Gasteiger partial charge in [0.2, 0.25) is 0 Å². The van der Waals surface area contributed by atoms with Crippen LogP contribution in [0.4, 0.5) is 5.69 Å². The van der Waals surface area contributed by atoms with Gasteiger partial charge in [0.05, 0.1) is 15.7 Å². The van der Waals surface area contributed by atoms with Gasteiger partial charge in [-0.05, 0) is 62.6 Å². The van der Waals surface area contributed by atoms with Crippen LogP contribution in [0, 0.1) is 0 Å². The Labute approximate surface area is 212 Å². The van der Waals surface area contributed by atoms with E-state index in [1.165, 1.54) is 6.07 Å². The summed E-state index contributed by atoms with van der Waals surface area (Å²) in [6, 6.07) is 9.61. The molecule has 2 N–H and O–H groups in total. The van der Waals surface area contributed by atoms with Crippen molar-refractivity contribution in [1.29, 1.82) is 0 Å². The van der Waals surface area contributed by atoms with E-state index in [-0.39, 0.29) is 16.0 Å². The summed E-state index contributed by atoms with van der Waals surface area (Å²) >= 11 is 23.5. The average Bonchev–Trinajstić information content (AvgIpc) is 2.77. The molecule has 176 valence electrons. The molecule has 2 aromatic rings. The number of carbonyl (C=O) groups excluding carboxylic acids is 2. The van der Waals surface area contributed by atoms with Crippen molar-refractivity contribution in [3.63, 3.8) is 0 Å². The molecule has 2 aromatic carbocycles. The molecule has 1 aliphatic rings. The SMILES string of the molecule is CC(Oc1ccc(Cl)cc1Cl)C(=O)NC(=S)Nc1cc(C(=O)N2CCN(C)CC2)ccc1Cl. The van der Waals surface area contributed by atoms with Crippen molar-refractivity contribution in [3.8, 4) is 5.75 Å². The number of carbonyl (C=O) groups is 2. The fourth-order valence-corrected chi connectivity index (χ4v) is 3.96. The Hall–Kier alpha value is -2.10. The van der Waals surface area contributed by atoms with Crippen molar-refractivity contribution in [1.82, 2.24) is 15.1 Å². The molecule has 0 saturated carbocycles. The van der Waals surface area contributed by atoms with E-state index in [1.807, 2.05) is 7.05 Å². The minimum absolute atomic E-state index is 0.0174. The van der Waals surface area contributed by atoms with Crippen LogP contribution in [0.25, 0.3) is 0 Å². The first-order valence-corrected chi connectivity index (χ1v) is 11.7. The number of benzene rings is 2. The summed E-state index contributed by atoms with van der Waals surface area (Å²) in [5.74, 6) is -0.250. The first-order valence-electron chi connectivity index (χ1n) is 10.1. The number of halogens is 3. The molecule has 0 aliphatic carbocycles. The number of rotatable bonds is 5. The maximum absolute atomic E-state index is 12.8. The van der Waals surface area contributed by atoms with Crippen LogP contribution in [0.5, 0.6) is 5.75 Å². The fraction of sp³-hybridized carbons (Fsp3) is 0.318. The van der Waals surface area contributed by atoms with Crippen molar-refractivity contribution >= 4 is 69.6 Å². The highest BCUT2D eigenvalue weighted by atomic mass is 35.5. The Balaban J connectivity index is 1.60. The van der Waals surface area contributed by atoms with Crippen molar-refractivity contribution in [2.45, 2.75) is 13.0 Å². The highest BCUT2D eigenvalue weighted by molar-refractivity contribution is 7.80. The van der Waals surface area contributed by atoms with Gasteiger partial charge in [0.15, 0.2) is 11.2 Å². The first-order chi connectivity index (χ1) is 15.6. The number of anilines is 1. The normalized spacial score (nSPS) is 15.0. The molecule has 0 radical (unpaired) electrons. The summed E-state index contributed by atoms with van der Waals surface area (Å²) in [4.78, 5) is 29.3. The maximum atomic E-state index is 12.8. The first kappa shape index (κ1) is 25.5. The molecular formula is C22H23Cl3N4O3S. The van der Waals surface area contributed by atoms with Crippen LogP contribution >= 0.6 is 47.0 Å². The lowest BCUT2D eigenvalue weighted by molar-refractivity contribution is -0.125. The van der Waals surface area contributed by atoms with E-state index in [0.717, 1.165) is 13.1 Å². The van der Waals surface area contributed by atoms with Crippen molar-refractivity contribution < 1.29 is 14.3 Å². The van der Waals surface area contributed by atoms with E-state index >= 15 is 0 Å². The number of hydrogen-bond acceptors (Lipinski definition) is 5. The van der Waals surface area contributed by atoms with Gasteiger partial charge in [-0.1, -0.05) is 34.8 Å². The van der Waals surface area contributed by atoms with Crippen LogP contribution < -0.4 is 15.4 Å². The van der Waals surface area contributed by atoms with Gasteiger partial charge in [-0.15, -0.1) is 0 Å². The zero-order valence-electron chi connectivity index (χ0n) is 18.0. The molecule has 0 aromatic heterocycles. The van der Waals surface area contributed by atoms with Crippen molar-refractivity contribution in [2.24, 2.45) is 0 Å². The number of thiocarbonyl (C=S) groups is 1. The molecule has 1 atom stereocenters. The lowest BCUT2D eigenvalue weighted by Gasteiger charge is -2.32. The number of hydrogen-bond donors (Lipinski definition) is 2. The fourth-order valence-electron chi connectivity index (χ4n) is 3.13. The molecule has 1 aliphatic heterocycles. The average molecular weight is 530 g/mol. The van der Waals surface area contributed by atoms with Crippen molar-refractivity contribution in [3.05, 3.63) is 57.0 Å². The van der Waals surface area contributed by atoms with Gasteiger partial charge < -0.3 is 19.9 Å². The van der Waals surface area contributed by atoms with Gasteiger partial charge in [-0.3, -0.25) is 14.9 Å². The van der Waals surface area contributed by atoms with E-state index in [1.54, 1.807) is 42.2 Å². The molecule has 1 fully saturated rings. The predicted molar refractivity (Wildman–Crippen MR) is 136 cm³/mol. The highest BCUT2D eigenvalue weighted by Gasteiger charge is 2.22. The molecule has 3 rings (SSSR count). The molecular weight excluding hydrogens is 507 g/mol. The topological polar surface area (TPSA) is 73.9 Å². The molecule has 0 bridgehead atoms. The number of likely N-dealkylation sites (N-methyl/N-ethyl adjacent to an activating group) is 1. The molecule has 0 spiro atoms. The summed E-state index contributed by atoms with van der Waals surface area (Å²) in [6.45, 7) is 4.52. The van der Waals surface area contributed by atoms with E-state index < -0.39 is 12.0 Å². The molecule has 11 heteroatoms. The Kier molecular flexibility index (Phi) is 8.78. The third-order valence-electron chi connectivity index (χ3n) is 5.06. The van der Waals surface area contributed by atoms with Crippen molar-refractivity contribution in [2.75, 3.05) is 38.5 Å². The van der Waals surface area contributed by atoms with E-state index in [9.17, 15) is 9.59 Å². The number of nitrogens with one attached hydrogen (secondary N) is 2. The van der Waals surface area contributed by atoms with Gasteiger partial charge in [0.1, 0.15) is 5.75 Å². The Bertz CT molecular complexity index is 1060. The zero-order chi connectivity index (χ0) is 24.1. The predicted octanol–water partition coefficient (Wildman–Crippen LogP) is 4.31. The molecule has 2 amide bonds. The van der Waals surface area contributed by atoms with Crippen LogP contribution in [-0.2, 0) is 4.79 Å². The van der Waals surface area contributed by atoms with Crippen LogP contribution in [0.3, 0.4) is 0 Å². The largest absolute Gasteiger partial charge is 0.479 e. The molecule has 33 heavy (non-hydrogen) atoms. The van der Waals surface area contributed by atoms with Crippen LogP contribution in [-0.4, -0.2) is 66.1 Å². The molecule has 1 saturated heterocycles. The number of nitrogens with zero attached hydrogens (tertiary/aromatic N) is 2. The molecule has 1 unspecified atom stereocenters. The molecule has 7 nitrogen and oxygen atoms in total. The maximum Gasteiger partial charge on any atom is 0.266 e. The standard InChI is InChI=1S/C22H23Cl3N4O3S/c1-13(32-19-6-4-15(23)12-17(19)25)20(30)27-22(33)26-18-11-14(3-5-16(18)24)21(31)29-9-7-28(2)8-10-29/h3-6,11-13H,7-10H2,1-2H3,(H2,26,27,30,33). The lowest BCUT2D eigenvalue weighted by atomic mass is 10.1. The summed E-state index contributed by atoms with van der Waals surface area (Å²) in [7, 11) is 2.03. The minimum atomic E-state index is -0.885. The van der Waals surface area contributed by atoms with Gasteiger partial charge >= 0.3 is 0 Å². The van der Waals surface area contributed by atoms with E-state index in [4.69, 9.17) is 51.8 Å². The van der Waals surface area contributed by atoms with Gasteiger partial charge in [-0.2, -0.15) is 0 Å². The van der Waals surface area contributed by atoms with Gasteiger partial charge in [0.25, 0.3) is 11.8 Å². The summed E-state index contributed by atoms with van der Waals surface area (Å²) in [5.41, 5.74) is 0.894. The second kappa shape index (κ2) is 11.4. The summed E-state index contributed by atoms with van der Waals surface area (Å²) in [5, 5.41) is 6.55. The Morgan fingerprint density at radius 3 is 2.39 bits per heavy atom. The smallest absolute Gasteiger partial charge is 0.266 e. The second-order valence-electron chi connectivity index (χ2n) is 7.57. The van der Waals surface area contributed by atoms with E-state index in [2.05, 4.69) is 15.5 Å². The van der Waals surface area contributed by atoms with Gasteiger partial charge in [0, 0.05) is 36.8 Å². The van der Waals surface area contributed by atoms with Crippen LogP contribution in [0.1, 0.15) is 17.3 Å². The number of piperazine rings is 1. The second-order valence-corrected chi connectivity index (χ2v) is 9.23.